The number of carbonyl (C=O) groups is 1. The van der Waals surface area contributed by atoms with Gasteiger partial charge in [0, 0.05) is 16.1 Å². The maximum Gasteiger partial charge on any atom is 0.241 e. The minimum atomic E-state index is -0.268. The van der Waals surface area contributed by atoms with E-state index in [0.717, 1.165) is 4.90 Å². The number of rotatable bonds is 5. The third kappa shape index (κ3) is 22.7. The van der Waals surface area contributed by atoms with Gasteiger partial charge in [0.15, 0.2) is 0 Å². The molecule has 0 unspecified atom stereocenters. The molecule has 174 valence electrons. The van der Waals surface area contributed by atoms with E-state index < -0.39 is 0 Å². The summed E-state index contributed by atoms with van der Waals surface area (Å²) in [5.74, 6) is -0.268. The Morgan fingerprint density at radius 3 is 1.83 bits per heavy atom. The minimum absolute atomic E-state index is 0. The molecule has 4 N–H and O–H groups in total. The average molecular weight is 676 g/mol. The summed E-state index contributed by atoms with van der Waals surface area (Å²) in [7, 11) is 0. The van der Waals surface area contributed by atoms with Crippen molar-refractivity contribution >= 4 is 29.8 Å². The fourth-order valence-corrected chi connectivity index (χ4v) is 1.94. The van der Waals surface area contributed by atoms with Gasteiger partial charge in [-0.3, -0.25) is 4.79 Å². The van der Waals surface area contributed by atoms with Crippen molar-refractivity contribution in [3.05, 3.63) is 60.2 Å². The first-order chi connectivity index (χ1) is 13.7. The first-order valence-corrected chi connectivity index (χ1v) is 10.7. The average Bonchev–Trinajstić information content (AvgIpc) is 2.68. The van der Waals surface area contributed by atoms with Crippen LogP contribution in [0.25, 0.3) is 0 Å². The molecule has 0 bridgehead atoms. The number of aryl methyl sites for hydroxylation is 1. The van der Waals surface area contributed by atoms with E-state index in [9.17, 15) is 9.59 Å². The molecule has 7 heteroatoms. The van der Waals surface area contributed by atoms with Crippen molar-refractivity contribution in [2.24, 2.45) is 5.73 Å². The van der Waals surface area contributed by atoms with Gasteiger partial charge in [-0.25, -0.2) is 0 Å². The van der Waals surface area contributed by atoms with Crippen LogP contribution < -0.4 is 16.4 Å². The summed E-state index contributed by atoms with van der Waals surface area (Å²) in [6.07, 6.45) is 3.42. The zero-order valence-electron chi connectivity index (χ0n) is 19.0. The number of nitrogens with two attached hydrogens (primary N) is 1. The molecule has 0 aliphatic heterocycles. The predicted molar refractivity (Wildman–Crippen MR) is 127 cm³/mol. The number of benzene rings is 2. The van der Waals surface area contributed by atoms with E-state index in [1.165, 1.54) is 12.0 Å². The van der Waals surface area contributed by atoms with Crippen molar-refractivity contribution in [1.29, 1.82) is 0 Å². The molecule has 0 saturated heterocycles. The number of hydrogen-bond donors (Lipinski definition) is 3. The van der Waals surface area contributed by atoms with E-state index in [1.54, 1.807) is 11.8 Å². The molecular weight excluding hydrogens is 639 g/mol. The van der Waals surface area contributed by atoms with Crippen LogP contribution in [-0.4, -0.2) is 30.7 Å². The van der Waals surface area contributed by atoms with E-state index in [4.69, 9.17) is 5.73 Å². The molecule has 0 aromatic heterocycles. The van der Waals surface area contributed by atoms with Gasteiger partial charge in [-0.05, 0) is 58.2 Å². The SMILES string of the molecule is CC.CC(C)(C)N.CSc1ccc(NC(=O)CN[C-]=O)cc1.Cc1ccccc1.[Fm]. The molecular formula is C23H36FmN3O2S-. The Morgan fingerprint density at radius 2 is 1.50 bits per heavy atom. The van der Waals surface area contributed by atoms with E-state index in [1.807, 2.05) is 83.3 Å². The van der Waals surface area contributed by atoms with Gasteiger partial charge in [0.1, 0.15) is 0 Å². The van der Waals surface area contributed by atoms with Gasteiger partial charge in [-0.1, -0.05) is 49.7 Å². The Morgan fingerprint density at radius 1 is 1.03 bits per heavy atom. The molecule has 2 aromatic rings. The van der Waals surface area contributed by atoms with Crippen LogP contribution >= 0.6 is 11.8 Å². The van der Waals surface area contributed by atoms with Gasteiger partial charge in [0.2, 0.25) is 5.91 Å². The van der Waals surface area contributed by atoms with Gasteiger partial charge in [-0.2, -0.15) is 6.41 Å². The van der Waals surface area contributed by atoms with Gasteiger partial charge < -0.3 is 21.2 Å². The van der Waals surface area contributed by atoms with Crippen LogP contribution in [-0.2, 0) is 9.59 Å². The molecule has 30 heavy (non-hydrogen) atoms. The van der Waals surface area contributed by atoms with Crippen LogP contribution in [0.1, 0.15) is 40.2 Å². The fourth-order valence-electron chi connectivity index (χ4n) is 1.53. The van der Waals surface area contributed by atoms with E-state index in [2.05, 4.69) is 29.7 Å². The maximum absolute atomic E-state index is 11.2. The molecule has 2 rings (SSSR count). The smallest absolute Gasteiger partial charge is 0.241 e. The molecule has 0 spiro atoms. The summed E-state index contributed by atoms with van der Waals surface area (Å²) >= 11 is 1.63. The molecule has 2 amide bonds. The van der Waals surface area contributed by atoms with Gasteiger partial charge in [0.25, 0.3) is 0 Å². The van der Waals surface area contributed by atoms with Crippen molar-refractivity contribution in [2.75, 3.05) is 18.1 Å². The molecule has 0 radical (unpaired) electrons. The third-order valence-corrected chi connectivity index (χ3v) is 3.38. The molecule has 5 nitrogen and oxygen atoms in total. The standard InChI is InChI=1S/C10H11N2O2S.C7H8.C4H11N.C2H6.Fm/c1-15-9-4-2-8(3-5-9)12-10(14)6-11-7-13;1-7-5-3-2-4-6-7;1-4(2,3)5;1-2;/h2-5H,6H2,1H3,(H,11,13)(H,12,14);2-6H,1H3;5H2,1-3H3;1-2H3;/q-1;;;;. The largest absolute Gasteiger partial charge is 0.522 e. The second-order valence-electron chi connectivity index (χ2n) is 6.75. The van der Waals surface area contributed by atoms with Crippen LogP contribution in [0.5, 0.6) is 0 Å². The van der Waals surface area contributed by atoms with E-state index in [0.29, 0.717) is 5.69 Å². The summed E-state index contributed by atoms with van der Waals surface area (Å²) in [5.41, 5.74) is 7.39. The normalized spacial score (nSPS) is 8.93. The number of amides is 2. The zero-order valence-corrected chi connectivity index (χ0v) is 22.2. The van der Waals surface area contributed by atoms with Crippen LogP contribution in [0.4, 0.5) is 5.69 Å². The topological polar surface area (TPSA) is 84.2 Å². The first-order valence-electron chi connectivity index (χ1n) is 9.50. The van der Waals surface area contributed by atoms with Gasteiger partial charge in [-0.15, -0.1) is 11.8 Å². The number of hydrogen-bond acceptors (Lipinski definition) is 4. The van der Waals surface area contributed by atoms with Crippen LogP contribution in [0.2, 0.25) is 0 Å². The Hall–Kier alpha value is -3.31. The molecule has 0 heterocycles. The number of thioether (sulfide) groups is 1. The van der Waals surface area contributed by atoms with Crippen LogP contribution in [0, 0.1) is 6.92 Å². The molecule has 0 atom stereocenters. The molecule has 0 fully saturated rings. The summed E-state index contributed by atoms with van der Waals surface area (Å²) in [6, 6.07) is 17.7. The summed E-state index contributed by atoms with van der Waals surface area (Å²) in [6.45, 7) is 11.9. The summed E-state index contributed by atoms with van der Waals surface area (Å²) < 4.78 is 0. The van der Waals surface area contributed by atoms with Gasteiger partial charge in [0.05, 0.1) is 6.54 Å². The Bertz CT molecular complexity index is 654. The zero-order chi connectivity index (χ0) is 22.7. The maximum atomic E-state index is 11.2. The first kappa shape index (κ1) is 31.4. The minimum Gasteiger partial charge on any atom is -0.522 e. The van der Waals surface area contributed by atoms with E-state index in [-0.39, 0.29) is 18.0 Å². The van der Waals surface area contributed by atoms with Crippen molar-refractivity contribution in [3.63, 3.8) is 0 Å². The molecule has 0 aliphatic carbocycles. The number of anilines is 1. The Balaban J connectivity index is -0.000000405. The number of carbonyl (C=O) groups excluding carboxylic acids is 2. The monoisotopic (exact) mass is 675 g/mol. The summed E-state index contributed by atoms with van der Waals surface area (Å²) in [5, 5.41) is 4.81. The second-order valence-corrected chi connectivity index (χ2v) is 7.63. The van der Waals surface area contributed by atoms with E-state index >= 15 is 0 Å². The fraction of sp³-hybridized carbons (Fsp3) is 0.391. The molecule has 0 saturated carbocycles. The van der Waals surface area contributed by atoms with Crippen molar-refractivity contribution in [1.82, 2.24) is 5.32 Å². The van der Waals surface area contributed by atoms with Crippen molar-refractivity contribution in [3.8, 4) is 0 Å². The quantitative estimate of drug-likeness (QED) is 0.243. The van der Waals surface area contributed by atoms with Crippen molar-refractivity contribution < 1.29 is 9.59 Å². The summed E-state index contributed by atoms with van der Waals surface area (Å²) in [4.78, 5) is 22.1. The third-order valence-electron chi connectivity index (χ3n) is 2.64. The van der Waals surface area contributed by atoms with Crippen LogP contribution in [0.15, 0.2) is 59.5 Å². The number of nitrogens with one attached hydrogen (secondary N) is 2. The second kappa shape index (κ2) is 19.0. The van der Waals surface area contributed by atoms with Crippen molar-refractivity contribution in [2.45, 2.75) is 52.0 Å². The van der Waals surface area contributed by atoms with Gasteiger partial charge >= 0.3 is 0 Å². The molecule has 0 aliphatic rings. The molecule has 2 aromatic carbocycles. The Kier molecular flexibility index (Phi) is 19.9. The Labute approximate surface area is 180 Å². The van der Waals surface area contributed by atoms with Crippen LogP contribution in [0.3, 0.4) is 0 Å². The predicted octanol–water partition coefficient (Wildman–Crippen LogP) is 4.77.